The molecule has 5 nitrogen and oxygen atoms in total. The molecule has 2 aromatic rings. The van der Waals surface area contributed by atoms with E-state index in [4.69, 9.17) is 9.47 Å². The Morgan fingerprint density at radius 1 is 1.23 bits per heavy atom. The van der Waals surface area contributed by atoms with Gasteiger partial charge in [-0.25, -0.2) is 9.18 Å². The fourth-order valence-corrected chi connectivity index (χ4v) is 3.63. The zero-order valence-electron chi connectivity index (χ0n) is 14.7. The van der Waals surface area contributed by atoms with Crippen LogP contribution < -0.4 is 9.80 Å². The Balaban J connectivity index is 1.53. The molecular weight excluding hydrogens is 335 g/mol. The van der Waals surface area contributed by atoms with Crippen molar-refractivity contribution >= 4 is 17.5 Å². The minimum Gasteiger partial charge on any atom is -0.441 e. The SMILES string of the molecule is COCC1CN(c2ccc(N3CCc4ccccc4C3)c(F)c2)C(=O)O1. The quantitative estimate of drug-likeness (QED) is 0.842. The fourth-order valence-electron chi connectivity index (χ4n) is 3.63. The van der Waals surface area contributed by atoms with Crippen molar-refractivity contribution in [2.24, 2.45) is 0 Å². The van der Waals surface area contributed by atoms with Crippen molar-refractivity contribution in [1.82, 2.24) is 0 Å². The van der Waals surface area contributed by atoms with Crippen molar-refractivity contribution in [3.05, 3.63) is 59.4 Å². The zero-order chi connectivity index (χ0) is 18.1. The van der Waals surface area contributed by atoms with Crippen LogP contribution >= 0.6 is 0 Å². The van der Waals surface area contributed by atoms with Gasteiger partial charge in [0.2, 0.25) is 0 Å². The van der Waals surface area contributed by atoms with Gasteiger partial charge >= 0.3 is 6.09 Å². The molecule has 2 heterocycles. The van der Waals surface area contributed by atoms with Crippen LogP contribution in [0.5, 0.6) is 0 Å². The molecule has 0 aromatic heterocycles. The van der Waals surface area contributed by atoms with Gasteiger partial charge in [0.05, 0.1) is 24.5 Å². The highest BCUT2D eigenvalue weighted by Gasteiger charge is 2.32. The summed E-state index contributed by atoms with van der Waals surface area (Å²) in [6.45, 7) is 2.15. The van der Waals surface area contributed by atoms with Crippen molar-refractivity contribution in [1.29, 1.82) is 0 Å². The van der Waals surface area contributed by atoms with Gasteiger partial charge in [-0.1, -0.05) is 24.3 Å². The van der Waals surface area contributed by atoms with Gasteiger partial charge in [-0.15, -0.1) is 0 Å². The van der Waals surface area contributed by atoms with Gasteiger partial charge in [-0.05, 0) is 35.7 Å². The van der Waals surface area contributed by atoms with Crippen LogP contribution in [0.2, 0.25) is 0 Å². The molecular formula is C20H21FN2O3. The monoisotopic (exact) mass is 356 g/mol. The number of cyclic esters (lactones) is 1. The van der Waals surface area contributed by atoms with Crippen molar-refractivity contribution in [3.8, 4) is 0 Å². The first-order valence-electron chi connectivity index (χ1n) is 8.74. The molecule has 0 N–H and O–H groups in total. The Kier molecular flexibility index (Phi) is 4.51. The predicted molar refractivity (Wildman–Crippen MR) is 97.1 cm³/mol. The van der Waals surface area contributed by atoms with E-state index >= 15 is 0 Å². The Labute approximate surface area is 151 Å². The number of rotatable bonds is 4. The zero-order valence-corrected chi connectivity index (χ0v) is 14.7. The van der Waals surface area contributed by atoms with Crippen molar-refractivity contribution in [3.63, 3.8) is 0 Å². The van der Waals surface area contributed by atoms with Crippen LogP contribution in [0.25, 0.3) is 0 Å². The van der Waals surface area contributed by atoms with Gasteiger partial charge in [0.1, 0.15) is 11.9 Å². The maximum absolute atomic E-state index is 14.8. The molecule has 1 unspecified atom stereocenters. The predicted octanol–water partition coefficient (Wildman–Crippen LogP) is 3.36. The molecule has 0 aliphatic carbocycles. The van der Waals surface area contributed by atoms with Crippen LogP contribution in [0.4, 0.5) is 20.6 Å². The molecule has 26 heavy (non-hydrogen) atoms. The average molecular weight is 356 g/mol. The normalized spacial score (nSPS) is 19.5. The summed E-state index contributed by atoms with van der Waals surface area (Å²) in [5.74, 6) is -0.329. The average Bonchev–Trinajstić information content (AvgIpc) is 3.02. The fraction of sp³-hybridized carbons (Fsp3) is 0.350. The Bertz CT molecular complexity index is 826. The number of halogens is 1. The van der Waals surface area contributed by atoms with E-state index in [2.05, 4.69) is 12.1 Å². The summed E-state index contributed by atoms with van der Waals surface area (Å²) in [5.41, 5.74) is 3.62. The molecule has 1 fully saturated rings. The number of ether oxygens (including phenoxy) is 2. The highest BCUT2D eigenvalue weighted by Crippen LogP contribution is 2.31. The van der Waals surface area contributed by atoms with Crippen LogP contribution in [0.15, 0.2) is 42.5 Å². The molecule has 0 saturated carbocycles. The minimum atomic E-state index is -0.467. The van der Waals surface area contributed by atoms with Gasteiger partial charge in [-0.3, -0.25) is 4.90 Å². The Morgan fingerprint density at radius 3 is 2.81 bits per heavy atom. The largest absolute Gasteiger partial charge is 0.441 e. The molecule has 0 radical (unpaired) electrons. The van der Waals surface area contributed by atoms with Gasteiger partial charge in [-0.2, -0.15) is 0 Å². The molecule has 1 saturated heterocycles. The third-order valence-corrected chi connectivity index (χ3v) is 4.94. The lowest BCUT2D eigenvalue weighted by Crippen LogP contribution is -2.31. The van der Waals surface area contributed by atoms with Crippen LogP contribution in [-0.2, 0) is 22.4 Å². The first-order valence-corrected chi connectivity index (χ1v) is 8.74. The summed E-state index contributed by atoms with van der Waals surface area (Å²) in [7, 11) is 1.56. The number of nitrogens with zero attached hydrogens (tertiary/aromatic N) is 2. The number of carbonyl (C=O) groups is 1. The van der Waals surface area contributed by atoms with Crippen molar-refractivity contribution in [2.75, 3.05) is 36.6 Å². The van der Waals surface area contributed by atoms with Gasteiger partial charge in [0, 0.05) is 20.2 Å². The topological polar surface area (TPSA) is 42.0 Å². The first-order chi connectivity index (χ1) is 12.7. The lowest BCUT2D eigenvalue weighted by Gasteiger charge is -2.31. The number of benzene rings is 2. The summed E-state index contributed by atoms with van der Waals surface area (Å²) >= 11 is 0. The van der Waals surface area contributed by atoms with E-state index < -0.39 is 6.09 Å². The van der Waals surface area contributed by atoms with E-state index in [9.17, 15) is 9.18 Å². The van der Waals surface area contributed by atoms with E-state index in [0.717, 1.165) is 13.0 Å². The molecule has 4 rings (SSSR count). The van der Waals surface area contributed by atoms with Crippen LogP contribution in [-0.4, -0.2) is 39.0 Å². The second kappa shape index (κ2) is 6.96. The molecule has 0 bridgehead atoms. The number of fused-ring (bicyclic) bond motifs is 1. The molecule has 2 aliphatic heterocycles. The van der Waals surface area contributed by atoms with E-state index in [0.29, 0.717) is 31.1 Å². The van der Waals surface area contributed by atoms with E-state index in [1.165, 1.54) is 22.1 Å². The van der Waals surface area contributed by atoms with Crippen LogP contribution in [0.1, 0.15) is 11.1 Å². The summed E-state index contributed by atoms with van der Waals surface area (Å²) in [6.07, 6.45) is 0.106. The number of anilines is 2. The first kappa shape index (κ1) is 16.8. The lowest BCUT2D eigenvalue weighted by atomic mass is 9.99. The van der Waals surface area contributed by atoms with Crippen molar-refractivity contribution in [2.45, 2.75) is 19.1 Å². The lowest BCUT2D eigenvalue weighted by molar-refractivity contribution is 0.0718. The smallest absolute Gasteiger partial charge is 0.414 e. The molecule has 1 amide bonds. The number of hydrogen-bond donors (Lipinski definition) is 0. The number of hydrogen-bond acceptors (Lipinski definition) is 4. The molecule has 6 heteroatoms. The number of carbonyl (C=O) groups excluding carboxylic acids is 1. The van der Waals surface area contributed by atoms with E-state index in [1.54, 1.807) is 19.2 Å². The molecule has 1 atom stereocenters. The number of methoxy groups -OCH3 is 1. The molecule has 2 aliphatic rings. The second-order valence-corrected chi connectivity index (χ2v) is 6.65. The third-order valence-electron chi connectivity index (χ3n) is 4.94. The summed E-state index contributed by atoms with van der Waals surface area (Å²) < 4.78 is 25.0. The maximum Gasteiger partial charge on any atom is 0.414 e. The van der Waals surface area contributed by atoms with E-state index in [1.807, 2.05) is 17.0 Å². The molecule has 0 spiro atoms. The molecule has 136 valence electrons. The van der Waals surface area contributed by atoms with Gasteiger partial charge in [0.25, 0.3) is 0 Å². The molecule has 2 aromatic carbocycles. The Hall–Kier alpha value is -2.60. The van der Waals surface area contributed by atoms with Crippen LogP contribution in [0, 0.1) is 5.82 Å². The summed E-state index contributed by atoms with van der Waals surface area (Å²) in [6, 6.07) is 13.2. The number of amides is 1. The summed E-state index contributed by atoms with van der Waals surface area (Å²) in [5, 5.41) is 0. The third kappa shape index (κ3) is 3.12. The van der Waals surface area contributed by atoms with Gasteiger partial charge < -0.3 is 14.4 Å². The standard InChI is InChI=1S/C20H21FN2O3/c1-25-13-17-12-23(20(24)26-17)16-6-7-19(18(21)10-16)22-9-8-14-4-2-3-5-15(14)11-22/h2-7,10,17H,8-9,11-13H2,1H3. The van der Waals surface area contributed by atoms with E-state index in [-0.39, 0.29) is 11.9 Å². The minimum absolute atomic E-state index is 0.325. The van der Waals surface area contributed by atoms with Crippen LogP contribution in [0.3, 0.4) is 0 Å². The highest BCUT2D eigenvalue weighted by molar-refractivity contribution is 5.90. The maximum atomic E-state index is 14.8. The Morgan fingerprint density at radius 2 is 2.04 bits per heavy atom. The highest BCUT2D eigenvalue weighted by atomic mass is 19.1. The van der Waals surface area contributed by atoms with Gasteiger partial charge in [0.15, 0.2) is 0 Å². The second-order valence-electron chi connectivity index (χ2n) is 6.65. The van der Waals surface area contributed by atoms with Crippen molar-refractivity contribution < 1.29 is 18.7 Å². The summed E-state index contributed by atoms with van der Waals surface area (Å²) in [4.78, 5) is 15.5.